The molecule has 3 rings (SSSR count). The lowest BCUT2D eigenvalue weighted by atomic mass is 10.2. The van der Waals surface area contributed by atoms with Gasteiger partial charge in [-0.2, -0.15) is 0 Å². The number of rotatable bonds is 4. The molecule has 2 aromatic rings. The summed E-state index contributed by atoms with van der Waals surface area (Å²) in [5.41, 5.74) is 0.455. The number of carbonyl (C=O) groups is 1. The van der Waals surface area contributed by atoms with Crippen LogP contribution in [0.4, 0.5) is 0 Å². The van der Waals surface area contributed by atoms with E-state index in [-0.39, 0.29) is 12.0 Å². The summed E-state index contributed by atoms with van der Waals surface area (Å²) in [6, 6.07) is 7.58. The third-order valence-electron chi connectivity index (χ3n) is 3.06. The number of hydrogen-bond donors (Lipinski definition) is 2. The average Bonchev–Trinajstić information content (AvgIpc) is 3.01. The molecule has 20 heavy (non-hydrogen) atoms. The van der Waals surface area contributed by atoms with E-state index in [4.69, 9.17) is 9.47 Å². The summed E-state index contributed by atoms with van der Waals surface area (Å²) in [5, 5.41) is 2.81. The molecule has 1 unspecified atom stereocenters. The zero-order valence-corrected chi connectivity index (χ0v) is 10.8. The highest BCUT2D eigenvalue weighted by Crippen LogP contribution is 2.31. The minimum atomic E-state index is -0.167. The monoisotopic (exact) mass is 273 g/mol. The molecule has 6 heteroatoms. The van der Waals surface area contributed by atoms with Gasteiger partial charge in [-0.15, -0.1) is 0 Å². The number of carbonyl (C=O) groups excluding carboxylic acids is 1. The van der Waals surface area contributed by atoms with Gasteiger partial charge < -0.3 is 19.8 Å². The van der Waals surface area contributed by atoms with E-state index in [2.05, 4.69) is 15.3 Å². The van der Waals surface area contributed by atoms with Crippen molar-refractivity contribution in [1.29, 1.82) is 0 Å². The molecule has 2 N–H and O–H groups in total. The van der Waals surface area contributed by atoms with Crippen LogP contribution in [-0.4, -0.2) is 35.1 Å². The molecule has 1 aliphatic heterocycles. The van der Waals surface area contributed by atoms with Crippen LogP contribution in [0.3, 0.4) is 0 Å². The van der Waals surface area contributed by atoms with Gasteiger partial charge in [0, 0.05) is 13.0 Å². The van der Waals surface area contributed by atoms with Crippen LogP contribution in [0.2, 0.25) is 0 Å². The Morgan fingerprint density at radius 2 is 2.25 bits per heavy atom. The zero-order valence-electron chi connectivity index (χ0n) is 10.8. The van der Waals surface area contributed by atoms with E-state index in [1.54, 1.807) is 0 Å². The predicted molar refractivity (Wildman–Crippen MR) is 71.9 cm³/mol. The Morgan fingerprint density at radius 1 is 1.40 bits per heavy atom. The Labute approximate surface area is 116 Å². The van der Waals surface area contributed by atoms with E-state index in [0.717, 1.165) is 11.5 Å². The molecule has 2 heterocycles. The molecule has 0 saturated carbocycles. The van der Waals surface area contributed by atoms with Gasteiger partial charge in [-0.1, -0.05) is 12.1 Å². The molecule has 1 aromatic carbocycles. The number of nitrogens with zero attached hydrogens (tertiary/aromatic N) is 1. The Bertz CT molecular complexity index is 583. The van der Waals surface area contributed by atoms with Crippen LogP contribution in [0.15, 0.2) is 36.8 Å². The second-order valence-electron chi connectivity index (χ2n) is 4.51. The van der Waals surface area contributed by atoms with Gasteiger partial charge in [0.1, 0.15) is 18.4 Å². The van der Waals surface area contributed by atoms with Gasteiger partial charge in [0.2, 0.25) is 0 Å². The van der Waals surface area contributed by atoms with E-state index >= 15 is 0 Å². The number of amides is 1. The van der Waals surface area contributed by atoms with Crippen LogP contribution >= 0.6 is 0 Å². The fraction of sp³-hybridized carbons (Fsp3) is 0.286. The van der Waals surface area contributed by atoms with Gasteiger partial charge in [0.15, 0.2) is 11.5 Å². The van der Waals surface area contributed by atoms with Gasteiger partial charge in [-0.3, -0.25) is 4.79 Å². The lowest BCUT2D eigenvalue weighted by Crippen LogP contribution is -2.34. The fourth-order valence-corrected chi connectivity index (χ4v) is 2.03. The minimum Gasteiger partial charge on any atom is -0.486 e. The summed E-state index contributed by atoms with van der Waals surface area (Å²) < 4.78 is 11.4. The first-order valence-electron chi connectivity index (χ1n) is 6.48. The highest BCUT2D eigenvalue weighted by atomic mass is 16.6. The van der Waals surface area contributed by atoms with Crippen LogP contribution in [0.5, 0.6) is 11.5 Å². The lowest BCUT2D eigenvalue weighted by Gasteiger charge is -2.26. The average molecular weight is 273 g/mol. The molecule has 0 radical (unpaired) electrons. The van der Waals surface area contributed by atoms with Crippen molar-refractivity contribution >= 4 is 5.91 Å². The van der Waals surface area contributed by atoms with E-state index in [1.165, 1.54) is 12.5 Å². The number of nitrogens with one attached hydrogen (secondary N) is 2. The zero-order chi connectivity index (χ0) is 13.8. The number of para-hydroxylation sites is 2. The summed E-state index contributed by atoms with van der Waals surface area (Å²) in [6.45, 7) is 1.02. The molecule has 0 saturated heterocycles. The number of aromatic nitrogens is 2. The van der Waals surface area contributed by atoms with Crippen LogP contribution in [0.25, 0.3) is 0 Å². The Hall–Kier alpha value is -2.50. The SMILES string of the molecule is O=C(NCCC1COc2ccccc2O1)c1cnc[nH]1. The molecule has 0 fully saturated rings. The predicted octanol–water partition coefficient (Wildman–Crippen LogP) is 1.37. The molecule has 6 nitrogen and oxygen atoms in total. The van der Waals surface area contributed by atoms with Crippen molar-refractivity contribution in [2.24, 2.45) is 0 Å². The van der Waals surface area contributed by atoms with Crippen LogP contribution in [-0.2, 0) is 0 Å². The first-order valence-corrected chi connectivity index (χ1v) is 6.48. The molecule has 1 atom stereocenters. The third kappa shape index (κ3) is 2.74. The van der Waals surface area contributed by atoms with Crippen LogP contribution in [0.1, 0.15) is 16.9 Å². The number of ether oxygens (including phenoxy) is 2. The maximum absolute atomic E-state index is 11.7. The van der Waals surface area contributed by atoms with Gasteiger partial charge in [-0.25, -0.2) is 4.98 Å². The molecule has 0 spiro atoms. The molecule has 1 aliphatic rings. The molecule has 104 valence electrons. The third-order valence-corrected chi connectivity index (χ3v) is 3.06. The first kappa shape index (κ1) is 12.5. The number of H-pyrrole nitrogens is 1. The van der Waals surface area contributed by atoms with Crippen molar-refractivity contribution in [2.45, 2.75) is 12.5 Å². The molecule has 1 aromatic heterocycles. The van der Waals surface area contributed by atoms with Crippen molar-refractivity contribution in [3.8, 4) is 11.5 Å². The summed E-state index contributed by atoms with van der Waals surface area (Å²) >= 11 is 0. The van der Waals surface area contributed by atoms with Gasteiger partial charge in [0.05, 0.1) is 12.5 Å². The number of fused-ring (bicyclic) bond motifs is 1. The first-order chi connectivity index (χ1) is 9.83. The lowest BCUT2D eigenvalue weighted by molar-refractivity contribution is 0.0811. The standard InChI is InChI=1S/C14H15N3O3/c18-14(11-7-15-9-17-11)16-6-5-10-8-19-12-3-1-2-4-13(12)20-10/h1-4,7,9-10H,5-6,8H2,(H,15,17)(H,16,18). The number of aromatic amines is 1. The highest BCUT2D eigenvalue weighted by molar-refractivity contribution is 5.91. The normalized spacial score (nSPS) is 16.7. The van der Waals surface area contributed by atoms with Crippen molar-refractivity contribution in [2.75, 3.05) is 13.2 Å². The van der Waals surface area contributed by atoms with E-state index in [1.807, 2.05) is 24.3 Å². The fourth-order valence-electron chi connectivity index (χ4n) is 2.03. The highest BCUT2D eigenvalue weighted by Gasteiger charge is 2.20. The number of hydrogen-bond acceptors (Lipinski definition) is 4. The van der Waals surface area contributed by atoms with Gasteiger partial charge in [-0.05, 0) is 12.1 Å². The summed E-state index contributed by atoms with van der Waals surface area (Å²) in [6.07, 6.45) is 3.61. The summed E-state index contributed by atoms with van der Waals surface area (Å²) in [5.74, 6) is 1.36. The van der Waals surface area contributed by atoms with Crippen molar-refractivity contribution in [3.05, 3.63) is 42.5 Å². The second-order valence-corrected chi connectivity index (χ2v) is 4.51. The van der Waals surface area contributed by atoms with E-state index in [0.29, 0.717) is 25.3 Å². The van der Waals surface area contributed by atoms with E-state index < -0.39 is 0 Å². The smallest absolute Gasteiger partial charge is 0.269 e. The van der Waals surface area contributed by atoms with Crippen molar-refractivity contribution in [3.63, 3.8) is 0 Å². The van der Waals surface area contributed by atoms with Crippen molar-refractivity contribution in [1.82, 2.24) is 15.3 Å². The maximum atomic E-state index is 11.7. The Kier molecular flexibility index (Phi) is 3.54. The summed E-state index contributed by atoms with van der Waals surface area (Å²) in [7, 11) is 0. The number of benzene rings is 1. The minimum absolute atomic E-state index is 0.0491. The quantitative estimate of drug-likeness (QED) is 0.882. The van der Waals surface area contributed by atoms with Gasteiger partial charge in [0.25, 0.3) is 5.91 Å². The molecule has 1 amide bonds. The largest absolute Gasteiger partial charge is 0.486 e. The van der Waals surface area contributed by atoms with Crippen LogP contribution < -0.4 is 14.8 Å². The van der Waals surface area contributed by atoms with E-state index in [9.17, 15) is 4.79 Å². The van der Waals surface area contributed by atoms with Gasteiger partial charge >= 0.3 is 0 Å². The topological polar surface area (TPSA) is 76.2 Å². The second kappa shape index (κ2) is 5.64. The number of imidazole rings is 1. The molecule has 0 aliphatic carbocycles. The van der Waals surface area contributed by atoms with Crippen molar-refractivity contribution < 1.29 is 14.3 Å². The maximum Gasteiger partial charge on any atom is 0.269 e. The molecular formula is C14H15N3O3. The summed E-state index contributed by atoms with van der Waals surface area (Å²) in [4.78, 5) is 18.3. The Balaban J connectivity index is 1.47. The molecule has 0 bridgehead atoms. The molecular weight excluding hydrogens is 258 g/mol. The Morgan fingerprint density at radius 3 is 3.05 bits per heavy atom. The van der Waals surface area contributed by atoms with Crippen LogP contribution in [0, 0.1) is 0 Å².